The number of halogens is 2. The number of pyridine rings is 2. The van der Waals surface area contributed by atoms with Crippen molar-refractivity contribution in [2.24, 2.45) is 0 Å². The Morgan fingerprint density at radius 2 is 1.91 bits per heavy atom. The average Bonchev–Trinajstić information content (AvgIpc) is 3.35. The molecule has 0 aliphatic carbocycles. The van der Waals surface area contributed by atoms with Gasteiger partial charge in [0, 0.05) is 19.3 Å². The molecule has 1 atom stereocenters. The van der Waals surface area contributed by atoms with Crippen molar-refractivity contribution in [3.8, 4) is 11.8 Å². The van der Waals surface area contributed by atoms with Crippen LogP contribution in [0.2, 0.25) is 0 Å². The molecular weight excluding hydrogens is 430 g/mol. The maximum absolute atomic E-state index is 14.0. The Kier molecular flexibility index (Phi) is 5.66. The van der Waals surface area contributed by atoms with Gasteiger partial charge in [0.05, 0.1) is 34.9 Å². The predicted molar refractivity (Wildman–Crippen MR) is 118 cm³/mol. The number of carbonyl (C=O) groups is 1. The summed E-state index contributed by atoms with van der Waals surface area (Å²) < 4.78 is 35.2. The third-order valence-electron chi connectivity index (χ3n) is 5.26. The van der Waals surface area contributed by atoms with Crippen LogP contribution in [0, 0.1) is 30.4 Å². The van der Waals surface area contributed by atoms with Crippen molar-refractivity contribution in [1.82, 2.24) is 24.6 Å². The van der Waals surface area contributed by atoms with Gasteiger partial charge in [0.1, 0.15) is 17.1 Å². The normalized spacial score (nSPS) is 16.1. The first-order valence-corrected chi connectivity index (χ1v) is 10.5. The molecule has 0 bridgehead atoms. The molecule has 8 nitrogen and oxygen atoms in total. The first kappa shape index (κ1) is 22.5. The fraction of sp³-hybridized carbons (Fsp3) is 0.391. The molecule has 0 spiro atoms. The number of carbonyl (C=O) groups excluding carboxylic acids is 1. The Hall–Kier alpha value is -3.74. The van der Waals surface area contributed by atoms with Crippen LogP contribution < -0.4 is 5.73 Å². The molecule has 3 aromatic rings. The number of anilines is 1. The van der Waals surface area contributed by atoms with Crippen LogP contribution in [0.5, 0.6) is 0 Å². The molecule has 10 heteroatoms. The lowest BCUT2D eigenvalue weighted by Crippen LogP contribution is -2.35. The van der Waals surface area contributed by atoms with Crippen LogP contribution in [-0.2, 0) is 4.74 Å². The van der Waals surface area contributed by atoms with Gasteiger partial charge in [0.15, 0.2) is 11.6 Å². The predicted octanol–water partition coefficient (Wildman–Crippen LogP) is 3.58. The van der Waals surface area contributed by atoms with Gasteiger partial charge in [0.2, 0.25) is 0 Å². The van der Waals surface area contributed by atoms with Gasteiger partial charge in [-0.3, -0.25) is 9.67 Å². The van der Waals surface area contributed by atoms with E-state index in [0.717, 1.165) is 23.5 Å². The summed E-state index contributed by atoms with van der Waals surface area (Å²) in [5.41, 5.74) is 6.94. The summed E-state index contributed by atoms with van der Waals surface area (Å²) in [6, 6.07) is -0.148. The molecule has 1 aliphatic heterocycles. The number of nitrogens with zero attached hydrogens (tertiary/aromatic N) is 5. The highest BCUT2D eigenvalue weighted by atomic mass is 19.1. The van der Waals surface area contributed by atoms with E-state index in [-0.39, 0.29) is 23.6 Å². The van der Waals surface area contributed by atoms with E-state index in [4.69, 9.17) is 10.5 Å². The first-order valence-electron chi connectivity index (χ1n) is 10.5. The molecule has 0 saturated carbocycles. The van der Waals surface area contributed by atoms with Crippen molar-refractivity contribution < 1.29 is 18.3 Å². The topological polar surface area (TPSA) is 99.2 Å². The number of ether oxygens (including phenoxy) is 1. The highest BCUT2D eigenvalue weighted by Gasteiger charge is 2.32. The molecule has 2 N–H and O–H groups in total. The van der Waals surface area contributed by atoms with Gasteiger partial charge in [-0.2, -0.15) is 5.10 Å². The number of aromatic nitrogens is 4. The SMILES string of the molecule is Cc1cnc(N)c2c(C#Cc3c(F)cncc3F)nn([C@H]3CCN(C(=O)OC(C)(C)C)C3)c12. The van der Waals surface area contributed by atoms with Crippen LogP contribution in [-0.4, -0.2) is 49.4 Å². The molecule has 1 saturated heterocycles. The Morgan fingerprint density at radius 1 is 1.21 bits per heavy atom. The van der Waals surface area contributed by atoms with Crippen LogP contribution >= 0.6 is 0 Å². The summed E-state index contributed by atoms with van der Waals surface area (Å²) in [6.45, 7) is 8.23. The quantitative estimate of drug-likeness (QED) is 0.565. The van der Waals surface area contributed by atoms with E-state index in [9.17, 15) is 13.6 Å². The molecular formula is C23H24F2N6O2. The number of fused-ring (bicyclic) bond motifs is 1. The highest BCUT2D eigenvalue weighted by Crippen LogP contribution is 2.32. The highest BCUT2D eigenvalue weighted by molar-refractivity contribution is 5.95. The molecule has 0 unspecified atom stereocenters. The zero-order valence-electron chi connectivity index (χ0n) is 18.8. The van der Waals surface area contributed by atoms with E-state index in [1.165, 1.54) is 0 Å². The third kappa shape index (κ3) is 4.44. The second-order valence-corrected chi connectivity index (χ2v) is 8.94. The van der Waals surface area contributed by atoms with Crippen molar-refractivity contribution >= 4 is 22.8 Å². The van der Waals surface area contributed by atoms with E-state index in [2.05, 4.69) is 26.9 Å². The Balaban J connectivity index is 1.74. The Morgan fingerprint density at radius 3 is 2.58 bits per heavy atom. The van der Waals surface area contributed by atoms with Gasteiger partial charge < -0.3 is 15.4 Å². The summed E-state index contributed by atoms with van der Waals surface area (Å²) in [4.78, 5) is 21.8. The van der Waals surface area contributed by atoms with E-state index in [0.29, 0.717) is 24.9 Å². The number of nitrogen functional groups attached to an aromatic ring is 1. The molecule has 0 radical (unpaired) electrons. The number of likely N-dealkylation sites (tertiary alicyclic amines) is 1. The second kappa shape index (κ2) is 8.31. The van der Waals surface area contributed by atoms with Crippen molar-refractivity contribution in [2.75, 3.05) is 18.8 Å². The molecule has 1 amide bonds. The van der Waals surface area contributed by atoms with Crippen molar-refractivity contribution in [3.63, 3.8) is 0 Å². The number of rotatable bonds is 1. The molecule has 33 heavy (non-hydrogen) atoms. The monoisotopic (exact) mass is 454 g/mol. The van der Waals surface area contributed by atoms with E-state index >= 15 is 0 Å². The number of aryl methyl sites for hydroxylation is 1. The first-order chi connectivity index (χ1) is 15.5. The molecule has 4 heterocycles. The van der Waals surface area contributed by atoms with Crippen LogP contribution in [0.15, 0.2) is 18.6 Å². The lowest BCUT2D eigenvalue weighted by atomic mass is 10.1. The number of nitrogens with two attached hydrogens (primary N) is 1. The number of hydrogen-bond donors (Lipinski definition) is 1. The molecule has 3 aromatic heterocycles. The standard InChI is InChI=1S/C23H24F2N6O2/c1-13-9-28-21(26)19-18(6-5-15-16(24)10-27-11-17(15)25)29-31(20(13)19)14-7-8-30(12-14)22(32)33-23(2,3)4/h9-11,14H,7-8,12H2,1-4H3,(H2,26,28)/t14-/m0/s1. The minimum Gasteiger partial charge on any atom is -0.444 e. The second-order valence-electron chi connectivity index (χ2n) is 8.94. The summed E-state index contributed by atoms with van der Waals surface area (Å²) in [7, 11) is 0. The van der Waals surface area contributed by atoms with Gasteiger partial charge in [-0.1, -0.05) is 5.92 Å². The van der Waals surface area contributed by atoms with Gasteiger partial charge in [-0.05, 0) is 45.6 Å². The minimum atomic E-state index is -0.864. The average molecular weight is 454 g/mol. The molecule has 1 fully saturated rings. The van der Waals surface area contributed by atoms with Gasteiger partial charge in [-0.15, -0.1) is 0 Å². The van der Waals surface area contributed by atoms with Gasteiger partial charge in [0.25, 0.3) is 0 Å². The Labute approximate surface area is 189 Å². The smallest absolute Gasteiger partial charge is 0.410 e. The minimum absolute atomic E-state index is 0.148. The molecule has 172 valence electrons. The van der Waals surface area contributed by atoms with Crippen molar-refractivity contribution in [2.45, 2.75) is 45.8 Å². The van der Waals surface area contributed by atoms with Crippen molar-refractivity contribution in [1.29, 1.82) is 0 Å². The maximum atomic E-state index is 14.0. The van der Waals surface area contributed by atoms with Crippen LogP contribution in [0.3, 0.4) is 0 Å². The largest absolute Gasteiger partial charge is 0.444 e. The number of hydrogen-bond acceptors (Lipinski definition) is 6. The zero-order valence-corrected chi connectivity index (χ0v) is 18.8. The maximum Gasteiger partial charge on any atom is 0.410 e. The van der Waals surface area contributed by atoms with Crippen molar-refractivity contribution in [3.05, 3.63) is 47.0 Å². The van der Waals surface area contributed by atoms with E-state index < -0.39 is 22.8 Å². The number of amides is 1. The fourth-order valence-electron chi connectivity index (χ4n) is 3.78. The van der Waals surface area contributed by atoms with E-state index in [1.807, 2.05) is 27.7 Å². The van der Waals surface area contributed by atoms with Crippen LogP contribution in [0.4, 0.5) is 19.4 Å². The molecule has 0 aromatic carbocycles. The summed E-state index contributed by atoms with van der Waals surface area (Å²) in [5, 5.41) is 5.13. The summed E-state index contributed by atoms with van der Waals surface area (Å²) in [6.07, 6.45) is 3.69. The third-order valence-corrected chi connectivity index (χ3v) is 5.26. The zero-order chi connectivity index (χ0) is 23.9. The van der Waals surface area contributed by atoms with E-state index in [1.54, 1.807) is 15.8 Å². The lowest BCUT2D eigenvalue weighted by molar-refractivity contribution is 0.0288. The molecule has 4 rings (SSSR count). The van der Waals surface area contributed by atoms with Gasteiger partial charge in [-0.25, -0.2) is 18.6 Å². The fourth-order valence-corrected chi connectivity index (χ4v) is 3.78. The Bertz CT molecular complexity index is 1280. The van der Waals surface area contributed by atoms with Crippen LogP contribution in [0.25, 0.3) is 10.9 Å². The van der Waals surface area contributed by atoms with Gasteiger partial charge >= 0.3 is 6.09 Å². The van der Waals surface area contributed by atoms with Crippen LogP contribution in [0.1, 0.15) is 50.1 Å². The summed E-state index contributed by atoms with van der Waals surface area (Å²) >= 11 is 0. The molecule has 1 aliphatic rings. The summed E-state index contributed by atoms with van der Waals surface area (Å²) in [5.74, 6) is 3.74. The lowest BCUT2D eigenvalue weighted by Gasteiger charge is -2.24.